The van der Waals surface area contributed by atoms with Crippen LogP contribution in [0, 0.1) is 17.8 Å². The molecule has 5 aliphatic rings. The zero-order valence-corrected chi connectivity index (χ0v) is 16.9. The topological polar surface area (TPSA) is 42.0 Å². The lowest BCUT2D eigenvalue weighted by atomic mass is 9.52. The average Bonchev–Trinajstić information content (AvgIpc) is 2.72. The molecule has 1 heterocycles. The number of carbonyl (C=O) groups excluding carboxylic acids is 1. The number of esters is 1. The number of methoxy groups -OCH3 is 2. The van der Waals surface area contributed by atoms with Crippen LogP contribution in [0.4, 0.5) is 5.69 Å². The third-order valence-electron chi connectivity index (χ3n) is 7.52. The van der Waals surface area contributed by atoms with Gasteiger partial charge in [-0.25, -0.2) is 4.79 Å². The molecule has 4 fully saturated rings. The third-order valence-corrected chi connectivity index (χ3v) is 7.52. The Bertz CT molecular complexity index is 750. The van der Waals surface area contributed by atoms with Crippen LogP contribution < -0.4 is 9.64 Å². The molecule has 5 heteroatoms. The third kappa shape index (κ3) is 3.00. The molecule has 150 valence electrons. The molecule has 0 saturated heterocycles. The molecular formula is C23H30N2O3. The Balaban J connectivity index is 1.46. The maximum absolute atomic E-state index is 12.5. The molecule has 28 heavy (non-hydrogen) atoms. The van der Waals surface area contributed by atoms with Gasteiger partial charge in [0.15, 0.2) is 0 Å². The summed E-state index contributed by atoms with van der Waals surface area (Å²) in [6.07, 6.45) is 10.1. The summed E-state index contributed by atoms with van der Waals surface area (Å²) in [5.41, 5.74) is 2.09. The SMILES string of the molecule is COC(=O)C1=CN(c2ccc(OC)cc2)CN(C23CC4CC(CC(C4)C2)C3)C1. The van der Waals surface area contributed by atoms with Crippen molar-refractivity contribution in [2.24, 2.45) is 17.8 Å². The molecule has 1 aromatic rings. The van der Waals surface area contributed by atoms with Crippen molar-refractivity contribution in [3.8, 4) is 5.75 Å². The lowest BCUT2D eigenvalue weighted by Gasteiger charge is -2.61. The Hall–Kier alpha value is -2.01. The summed E-state index contributed by atoms with van der Waals surface area (Å²) in [7, 11) is 3.16. The number of hydrogen-bond donors (Lipinski definition) is 0. The van der Waals surface area contributed by atoms with Crippen LogP contribution in [0.5, 0.6) is 5.75 Å². The molecule has 5 nitrogen and oxygen atoms in total. The van der Waals surface area contributed by atoms with E-state index < -0.39 is 0 Å². The molecule has 4 bridgehead atoms. The van der Waals surface area contributed by atoms with Gasteiger partial charge in [0, 0.05) is 24.0 Å². The highest BCUT2D eigenvalue weighted by atomic mass is 16.5. The van der Waals surface area contributed by atoms with Crippen LogP contribution in [0.3, 0.4) is 0 Å². The van der Waals surface area contributed by atoms with Crippen molar-refractivity contribution in [1.29, 1.82) is 0 Å². The van der Waals surface area contributed by atoms with Crippen molar-refractivity contribution in [2.75, 3.05) is 32.3 Å². The largest absolute Gasteiger partial charge is 0.497 e. The first kappa shape index (κ1) is 18.0. The van der Waals surface area contributed by atoms with E-state index in [2.05, 4.69) is 21.9 Å². The molecule has 1 aromatic carbocycles. The van der Waals surface area contributed by atoms with E-state index in [9.17, 15) is 4.79 Å². The highest BCUT2D eigenvalue weighted by Gasteiger charge is 2.54. The zero-order valence-electron chi connectivity index (χ0n) is 16.9. The van der Waals surface area contributed by atoms with E-state index in [0.29, 0.717) is 6.54 Å². The number of rotatable bonds is 4. The van der Waals surface area contributed by atoms with Gasteiger partial charge in [0.05, 0.1) is 26.5 Å². The van der Waals surface area contributed by atoms with Crippen molar-refractivity contribution >= 4 is 11.7 Å². The summed E-state index contributed by atoms with van der Waals surface area (Å²) in [5.74, 6) is 3.28. The maximum atomic E-state index is 12.5. The Morgan fingerprint density at radius 1 is 1.00 bits per heavy atom. The molecule has 0 aromatic heterocycles. The average molecular weight is 383 g/mol. The lowest BCUT2D eigenvalue weighted by molar-refractivity contribution is -0.137. The highest BCUT2D eigenvalue weighted by Crippen LogP contribution is 2.58. The van der Waals surface area contributed by atoms with Gasteiger partial charge in [0.2, 0.25) is 0 Å². The van der Waals surface area contributed by atoms with Crippen molar-refractivity contribution in [2.45, 2.75) is 44.1 Å². The fourth-order valence-corrected chi connectivity index (χ4v) is 6.66. The van der Waals surface area contributed by atoms with E-state index in [0.717, 1.165) is 41.4 Å². The summed E-state index contributed by atoms with van der Waals surface area (Å²) >= 11 is 0. The number of ether oxygens (including phenoxy) is 2. The second-order valence-corrected chi connectivity index (χ2v) is 9.29. The quantitative estimate of drug-likeness (QED) is 0.741. The Kier molecular flexibility index (Phi) is 4.38. The van der Waals surface area contributed by atoms with Crippen LogP contribution in [-0.2, 0) is 9.53 Å². The van der Waals surface area contributed by atoms with E-state index >= 15 is 0 Å². The van der Waals surface area contributed by atoms with Crippen LogP contribution in [-0.4, -0.2) is 43.8 Å². The Morgan fingerprint density at radius 3 is 2.14 bits per heavy atom. The number of benzene rings is 1. The predicted molar refractivity (Wildman–Crippen MR) is 108 cm³/mol. The normalized spacial score (nSPS) is 34.3. The maximum Gasteiger partial charge on any atom is 0.336 e. The summed E-state index contributed by atoms with van der Waals surface area (Å²) in [4.78, 5) is 17.2. The minimum Gasteiger partial charge on any atom is -0.497 e. The van der Waals surface area contributed by atoms with Gasteiger partial charge in [-0.2, -0.15) is 0 Å². The standard InChI is InChI=1S/C23H30N2O3/c1-27-21-5-3-20(4-6-21)24-13-19(22(26)28-2)14-25(15-24)23-10-16-7-17(11-23)9-18(8-16)12-23/h3-6,13,16-18H,7-12,14-15H2,1-2H3. The van der Waals surface area contributed by atoms with Crippen molar-refractivity contribution in [3.63, 3.8) is 0 Å². The van der Waals surface area contributed by atoms with Gasteiger partial charge in [-0.05, 0) is 80.5 Å². The van der Waals surface area contributed by atoms with Gasteiger partial charge in [-0.3, -0.25) is 4.90 Å². The number of hydrogen-bond acceptors (Lipinski definition) is 5. The van der Waals surface area contributed by atoms with Crippen molar-refractivity contribution < 1.29 is 14.3 Å². The van der Waals surface area contributed by atoms with Gasteiger partial charge < -0.3 is 14.4 Å². The molecule has 0 amide bonds. The second-order valence-electron chi connectivity index (χ2n) is 9.29. The smallest absolute Gasteiger partial charge is 0.336 e. The number of nitrogens with zero attached hydrogens (tertiary/aromatic N) is 2. The van der Waals surface area contributed by atoms with E-state index in [1.807, 2.05) is 18.3 Å². The minimum atomic E-state index is -0.215. The molecule has 0 N–H and O–H groups in total. The monoisotopic (exact) mass is 382 g/mol. The summed E-state index contributed by atoms with van der Waals surface area (Å²) in [5, 5.41) is 0. The molecule has 4 saturated carbocycles. The minimum absolute atomic E-state index is 0.215. The first-order valence-electron chi connectivity index (χ1n) is 10.5. The first-order chi connectivity index (χ1) is 13.6. The van der Waals surface area contributed by atoms with Gasteiger partial charge in [0.1, 0.15) is 5.75 Å². The lowest BCUT2D eigenvalue weighted by Crippen LogP contribution is -2.63. The predicted octanol–water partition coefficient (Wildman–Crippen LogP) is 3.80. The Labute approximate surface area is 167 Å². The molecular weight excluding hydrogens is 352 g/mol. The van der Waals surface area contributed by atoms with Crippen LogP contribution in [0.2, 0.25) is 0 Å². The van der Waals surface area contributed by atoms with Crippen LogP contribution in [0.15, 0.2) is 36.0 Å². The summed E-state index contributed by atoms with van der Waals surface area (Å²) < 4.78 is 10.4. The fraction of sp³-hybridized carbons (Fsp3) is 0.609. The van der Waals surface area contributed by atoms with Crippen LogP contribution in [0.1, 0.15) is 38.5 Å². The van der Waals surface area contributed by atoms with Gasteiger partial charge in [0.25, 0.3) is 0 Å². The molecule has 0 radical (unpaired) electrons. The van der Waals surface area contributed by atoms with E-state index in [-0.39, 0.29) is 11.5 Å². The summed E-state index contributed by atoms with van der Waals surface area (Å²) in [6, 6.07) is 8.08. The van der Waals surface area contributed by atoms with Crippen molar-refractivity contribution in [1.82, 2.24) is 4.90 Å². The van der Waals surface area contributed by atoms with Gasteiger partial charge >= 0.3 is 5.97 Å². The summed E-state index contributed by atoms with van der Waals surface area (Å²) in [6.45, 7) is 1.53. The molecule has 1 aliphatic heterocycles. The molecule has 0 atom stereocenters. The number of carbonyl (C=O) groups is 1. The Morgan fingerprint density at radius 2 is 1.61 bits per heavy atom. The van der Waals surface area contributed by atoms with E-state index in [1.165, 1.54) is 45.6 Å². The van der Waals surface area contributed by atoms with Crippen LogP contribution >= 0.6 is 0 Å². The van der Waals surface area contributed by atoms with Gasteiger partial charge in [-0.15, -0.1) is 0 Å². The van der Waals surface area contributed by atoms with Crippen molar-refractivity contribution in [3.05, 3.63) is 36.0 Å². The second kappa shape index (κ2) is 6.80. The number of anilines is 1. The zero-order chi connectivity index (χ0) is 19.3. The van der Waals surface area contributed by atoms with Crippen LogP contribution in [0.25, 0.3) is 0 Å². The molecule has 4 aliphatic carbocycles. The van der Waals surface area contributed by atoms with Gasteiger partial charge in [-0.1, -0.05) is 0 Å². The molecule has 6 rings (SSSR count). The molecule has 0 spiro atoms. The molecule has 0 unspecified atom stereocenters. The fourth-order valence-electron chi connectivity index (χ4n) is 6.66. The van der Waals surface area contributed by atoms with E-state index in [4.69, 9.17) is 9.47 Å². The van der Waals surface area contributed by atoms with E-state index in [1.54, 1.807) is 7.11 Å². The highest BCUT2D eigenvalue weighted by molar-refractivity contribution is 5.89. The first-order valence-corrected chi connectivity index (χ1v) is 10.5.